The number of para-hydroxylation sites is 1. The summed E-state index contributed by atoms with van der Waals surface area (Å²) in [6.07, 6.45) is 1.80. The van der Waals surface area contributed by atoms with Gasteiger partial charge in [0.25, 0.3) is 0 Å². The average Bonchev–Trinajstić information content (AvgIpc) is 2.55. The van der Waals surface area contributed by atoms with Gasteiger partial charge in [0.05, 0.1) is 16.9 Å². The fourth-order valence-electron chi connectivity index (χ4n) is 2.38. The number of benzene rings is 1. The first-order chi connectivity index (χ1) is 10.7. The van der Waals surface area contributed by atoms with Gasteiger partial charge in [0.1, 0.15) is 0 Å². The van der Waals surface area contributed by atoms with Gasteiger partial charge in [-0.3, -0.25) is 4.98 Å². The molecule has 3 rings (SSSR count). The molecule has 0 fully saturated rings. The van der Waals surface area contributed by atoms with Crippen LogP contribution in [-0.2, 0) is 0 Å². The first-order valence-electron chi connectivity index (χ1n) is 7.44. The number of nitrogens with zero attached hydrogens (tertiary/aromatic N) is 3. The van der Waals surface area contributed by atoms with Crippen molar-refractivity contribution in [2.75, 3.05) is 32.5 Å². The lowest BCUT2D eigenvalue weighted by atomic mass is 10.1. The predicted octanol–water partition coefficient (Wildman–Crippen LogP) is 4.43. The maximum Gasteiger partial charge on any atom is 0.0914 e. The molecular weight excluding hydrogens is 432 g/mol. The van der Waals surface area contributed by atoms with Crippen molar-refractivity contribution in [1.29, 1.82) is 0 Å². The van der Waals surface area contributed by atoms with Gasteiger partial charge in [-0.25, -0.2) is 4.98 Å². The maximum atomic E-state index is 4.74. The molecule has 0 bridgehead atoms. The van der Waals surface area contributed by atoms with E-state index >= 15 is 0 Å². The van der Waals surface area contributed by atoms with Crippen LogP contribution in [0, 0.1) is 0 Å². The van der Waals surface area contributed by atoms with E-state index in [1.165, 1.54) is 0 Å². The summed E-state index contributed by atoms with van der Waals surface area (Å²) in [4.78, 5) is 11.3. The zero-order chi connectivity index (χ0) is 15.4. The smallest absolute Gasteiger partial charge is 0.0914 e. The van der Waals surface area contributed by atoms with Crippen molar-refractivity contribution in [3.05, 3.63) is 54.7 Å². The Morgan fingerprint density at radius 2 is 1.71 bits per heavy atom. The van der Waals surface area contributed by atoms with Gasteiger partial charge in [-0.05, 0) is 38.4 Å². The Kier molecular flexibility index (Phi) is 8.31. The molecule has 3 aromatic rings. The number of pyridine rings is 2. The summed E-state index contributed by atoms with van der Waals surface area (Å²) in [5, 5.41) is 4.66. The lowest BCUT2D eigenvalue weighted by molar-refractivity contribution is 0.425. The summed E-state index contributed by atoms with van der Waals surface area (Å²) in [6, 6.07) is 16.2. The topological polar surface area (TPSA) is 41.0 Å². The van der Waals surface area contributed by atoms with Crippen molar-refractivity contribution < 1.29 is 0 Å². The summed E-state index contributed by atoms with van der Waals surface area (Å²) < 4.78 is 0. The summed E-state index contributed by atoms with van der Waals surface area (Å²) in [5.74, 6) is 0. The molecule has 1 aromatic carbocycles. The van der Waals surface area contributed by atoms with Crippen LogP contribution in [0.25, 0.3) is 22.3 Å². The third-order valence-corrected chi connectivity index (χ3v) is 3.52. The number of hydrogen-bond acceptors (Lipinski definition) is 4. The number of likely N-dealkylation sites (N-methyl/N-ethyl adjacent to an activating group) is 1. The Bertz CT molecular complexity index is 763. The lowest BCUT2D eigenvalue weighted by Crippen LogP contribution is -2.20. The number of hydrogen-bond donors (Lipinski definition) is 1. The van der Waals surface area contributed by atoms with E-state index in [1.807, 2.05) is 36.4 Å². The van der Waals surface area contributed by atoms with Crippen LogP contribution >= 0.6 is 34.0 Å². The number of anilines is 1. The van der Waals surface area contributed by atoms with Gasteiger partial charge < -0.3 is 10.2 Å². The van der Waals surface area contributed by atoms with Gasteiger partial charge in [0.2, 0.25) is 0 Å². The standard InChI is InChI=1S/C18H20N4.2BrH/c1-22(2)12-11-20-17-13-18(16-9-5-6-10-19-16)21-15-8-4-3-7-14(15)17;;/h3-10,13H,11-12H2,1-2H3,(H,20,21);2*1H. The first kappa shape index (κ1) is 20.5. The highest BCUT2D eigenvalue weighted by Crippen LogP contribution is 2.27. The van der Waals surface area contributed by atoms with Gasteiger partial charge in [-0.15, -0.1) is 34.0 Å². The fourth-order valence-corrected chi connectivity index (χ4v) is 2.38. The van der Waals surface area contributed by atoms with Gasteiger partial charge in [-0.2, -0.15) is 0 Å². The summed E-state index contributed by atoms with van der Waals surface area (Å²) >= 11 is 0. The van der Waals surface area contributed by atoms with Gasteiger partial charge in [-0.1, -0.05) is 24.3 Å². The van der Waals surface area contributed by atoms with Gasteiger partial charge in [0, 0.05) is 30.4 Å². The van der Waals surface area contributed by atoms with Gasteiger partial charge >= 0.3 is 0 Å². The van der Waals surface area contributed by atoms with Crippen molar-refractivity contribution in [2.24, 2.45) is 0 Å². The molecule has 1 N–H and O–H groups in total. The molecule has 128 valence electrons. The third kappa shape index (κ3) is 5.00. The highest BCUT2D eigenvalue weighted by atomic mass is 79.9. The van der Waals surface area contributed by atoms with Crippen LogP contribution in [0.5, 0.6) is 0 Å². The number of halogens is 2. The van der Waals surface area contributed by atoms with E-state index < -0.39 is 0 Å². The second kappa shape index (κ2) is 9.71. The van der Waals surface area contributed by atoms with Crippen molar-refractivity contribution in [3.8, 4) is 11.4 Å². The van der Waals surface area contributed by atoms with Crippen LogP contribution in [0.15, 0.2) is 54.7 Å². The Balaban J connectivity index is 0.00000144. The highest BCUT2D eigenvalue weighted by Gasteiger charge is 2.07. The summed E-state index contributed by atoms with van der Waals surface area (Å²) in [5.41, 5.74) is 3.88. The zero-order valence-corrected chi connectivity index (χ0v) is 17.2. The molecule has 0 aliphatic heterocycles. The predicted molar refractivity (Wildman–Crippen MR) is 113 cm³/mol. The Morgan fingerprint density at radius 3 is 2.42 bits per heavy atom. The normalized spacial score (nSPS) is 10.1. The number of rotatable bonds is 5. The van der Waals surface area contributed by atoms with E-state index in [-0.39, 0.29) is 34.0 Å². The molecule has 0 amide bonds. The quantitative estimate of drug-likeness (QED) is 0.620. The third-order valence-electron chi connectivity index (χ3n) is 3.52. The van der Waals surface area contributed by atoms with Crippen LogP contribution < -0.4 is 5.32 Å². The molecule has 0 saturated heterocycles. The summed E-state index contributed by atoms with van der Waals surface area (Å²) in [6.45, 7) is 1.87. The van der Waals surface area contributed by atoms with E-state index in [9.17, 15) is 0 Å². The van der Waals surface area contributed by atoms with E-state index in [0.29, 0.717) is 0 Å². The fraction of sp³-hybridized carbons (Fsp3) is 0.222. The minimum atomic E-state index is 0. The molecule has 2 heterocycles. The Hall–Kier alpha value is -1.50. The maximum absolute atomic E-state index is 4.74. The average molecular weight is 454 g/mol. The number of aromatic nitrogens is 2. The van der Waals surface area contributed by atoms with E-state index in [4.69, 9.17) is 4.98 Å². The Morgan fingerprint density at radius 1 is 0.958 bits per heavy atom. The molecule has 6 heteroatoms. The largest absolute Gasteiger partial charge is 0.383 e. The van der Waals surface area contributed by atoms with Crippen LogP contribution in [0.4, 0.5) is 5.69 Å². The van der Waals surface area contributed by atoms with Crippen molar-refractivity contribution in [1.82, 2.24) is 14.9 Å². The summed E-state index contributed by atoms with van der Waals surface area (Å²) in [7, 11) is 4.15. The van der Waals surface area contributed by atoms with Crippen LogP contribution in [-0.4, -0.2) is 42.1 Å². The Labute approximate surface area is 163 Å². The molecule has 0 radical (unpaired) electrons. The highest BCUT2D eigenvalue weighted by molar-refractivity contribution is 8.93. The van der Waals surface area contributed by atoms with E-state index in [2.05, 4.69) is 41.4 Å². The minimum Gasteiger partial charge on any atom is -0.383 e. The van der Waals surface area contributed by atoms with Crippen molar-refractivity contribution in [3.63, 3.8) is 0 Å². The molecule has 0 aliphatic carbocycles. The monoisotopic (exact) mass is 452 g/mol. The van der Waals surface area contributed by atoms with Crippen molar-refractivity contribution >= 4 is 50.6 Å². The molecule has 0 atom stereocenters. The zero-order valence-electron chi connectivity index (χ0n) is 13.8. The van der Waals surface area contributed by atoms with Crippen LogP contribution in [0.1, 0.15) is 0 Å². The van der Waals surface area contributed by atoms with E-state index in [0.717, 1.165) is 41.1 Å². The SMILES string of the molecule is Br.Br.CN(C)CCNc1cc(-c2ccccn2)nc2ccccc12. The second-order valence-corrected chi connectivity index (χ2v) is 5.52. The first-order valence-corrected chi connectivity index (χ1v) is 7.44. The molecule has 2 aromatic heterocycles. The number of nitrogens with one attached hydrogen (secondary N) is 1. The lowest BCUT2D eigenvalue weighted by Gasteiger charge is -2.14. The number of fused-ring (bicyclic) bond motifs is 1. The van der Waals surface area contributed by atoms with Crippen molar-refractivity contribution in [2.45, 2.75) is 0 Å². The van der Waals surface area contributed by atoms with Crippen LogP contribution in [0.2, 0.25) is 0 Å². The van der Waals surface area contributed by atoms with Crippen LogP contribution in [0.3, 0.4) is 0 Å². The second-order valence-electron chi connectivity index (χ2n) is 5.52. The molecule has 0 unspecified atom stereocenters. The van der Waals surface area contributed by atoms with E-state index in [1.54, 1.807) is 6.20 Å². The van der Waals surface area contributed by atoms with Gasteiger partial charge in [0.15, 0.2) is 0 Å². The molecular formula is C18H22Br2N4. The molecule has 0 saturated carbocycles. The minimum absolute atomic E-state index is 0. The molecule has 4 nitrogen and oxygen atoms in total. The molecule has 0 aliphatic rings. The molecule has 24 heavy (non-hydrogen) atoms. The molecule has 0 spiro atoms.